The summed E-state index contributed by atoms with van der Waals surface area (Å²) in [6, 6.07) is 12.3. The molecule has 0 unspecified atom stereocenters. The molecule has 0 aliphatic heterocycles. The molecule has 122 valence electrons. The van der Waals surface area contributed by atoms with Crippen LogP contribution in [0.25, 0.3) is 0 Å². The van der Waals surface area contributed by atoms with Gasteiger partial charge < -0.3 is 14.6 Å². The van der Waals surface area contributed by atoms with Gasteiger partial charge in [0.1, 0.15) is 11.5 Å². The SMILES string of the molecule is COc1ccc(OC)c2c1CC[C@@H](O)[C@H]2Sc1ccc(C)cc1. The zero-order valence-corrected chi connectivity index (χ0v) is 14.5. The van der Waals surface area contributed by atoms with Gasteiger partial charge in [0.05, 0.1) is 25.6 Å². The van der Waals surface area contributed by atoms with Crippen LogP contribution in [-0.4, -0.2) is 25.4 Å². The van der Waals surface area contributed by atoms with E-state index in [9.17, 15) is 5.11 Å². The number of aliphatic hydroxyl groups is 1. The molecule has 0 saturated heterocycles. The topological polar surface area (TPSA) is 38.7 Å². The normalized spacial score (nSPS) is 20.0. The van der Waals surface area contributed by atoms with E-state index in [4.69, 9.17) is 9.47 Å². The number of aryl methyl sites for hydroxylation is 1. The molecule has 2 atom stereocenters. The Morgan fingerprint density at radius 1 is 1.00 bits per heavy atom. The highest BCUT2D eigenvalue weighted by molar-refractivity contribution is 7.99. The van der Waals surface area contributed by atoms with Crippen molar-refractivity contribution in [1.29, 1.82) is 0 Å². The number of fused-ring (bicyclic) bond motifs is 1. The van der Waals surface area contributed by atoms with Gasteiger partial charge >= 0.3 is 0 Å². The monoisotopic (exact) mass is 330 g/mol. The quantitative estimate of drug-likeness (QED) is 0.914. The largest absolute Gasteiger partial charge is 0.496 e. The highest BCUT2D eigenvalue weighted by Crippen LogP contribution is 2.49. The molecule has 1 aliphatic rings. The third-order valence-corrected chi connectivity index (χ3v) is 5.67. The van der Waals surface area contributed by atoms with E-state index in [0.717, 1.165) is 40.4 Å². The highest BCUT2D eigenvalue weighted by atomic mass is 32.2. The van der Waals surface area contributed by atoms with E-state index in [1.807, 2.05) is 12.1 Å². The molecule has 23 heavy (non-hydrogen) atoms. The maximum atomic E-state index is 10.6. The summed E-state index contributed by atoms with van der Waals surface area (Å²) in [6.45, 7) is 2.08. The first-order valence-electron chi connectivity index (χ1n) is 7.79. The first kappa shape index (κ1) is 16.2. The molecule has 1 aliphatic carbocycles. The molecule has 0 bridgehead atoms. The van der Waals surface area contributed by atoms with Crippen LogP contribution in [0.2, 0.25) is 0 Å². The second-order valence-electron chi connectivity index (χ2n) is 5.82. The van der Waals surface area contributed by atoms with Crippen molar-refractivity contribution in [2.45, 2.75) is 36.0 Å². The highest BCUT2D eigenvalue weighted by Gasteiger charge is 2.33. The zero-order chi connectivity index (χ0) is 16.4. The average molecular weight is 330 g/mol. The number of hydrogen-bond donors (Lipinski definition) is 1. The fraction of sp³-hybridized carbons (Fsp3) is 0.368. The maximum absolute atomic E-state index is 10.6. The van der Waals surface area contributed by atoms with Crippen LogP contribution in [0.5, 0.6) is 11.5 Å². The van der Waals surface area contributed by atoms with E-state index in [0.29, 0.717) is 0 Å². The first-order chi connectivity index (χ1) is 11.1. The molecular weight excluding hydrogens is 308 g/mol. The molecule has 4 heteroatoms. The molecule has 2 aromatic carbocycles. The number of thioether (sulfide) groups is 1. The molecule has 0 aromatic heterocycles. The summed E-state index contributed by atoms with van der Waals surface area (Å²) < 4.78 is 11.1. The van der Waals surface area contributed by atoms with Gasteiger partial charge in [0.15, 0.2) is 0 Å². The molecular formula is C19H22O3S. The van der Waals surface area contributed by atoms with Gasteiger partial charge in [-0.15, -0.1) is 11.8 Å². The minimum Gasteiger partial charge on any atom is -0.496 e. The van der Waals surface area contributed by atoms with Crippen molar-refractivity contribution in [1.82, 2.24) is 0 Å². The van der Waals surface area contributed by atoms with Crippen LogP contribution >= 0.6 is 11.8 Å². The van der Waals surface area contributed by atoms with Crippen LogP contribution < -0.4 is 9.47 Å². The molecule has 0 saturated carbocycles. The minimum atomic E-state index is -0.394. The molecule has 3 rings (SSSR count). The number of aliphatic hydroxyl groups excluding tert-OH is 1. The number of benzene rings is 2. The van der Waals surface area contributed by atoms with Gasteiger partial charge in [0.2, 0.25) is 0 Å². The Kier molecular flexibility index (Phi) is 4.83. The Balaban J connectivity index is 2.03. The zero-order valence-electron chi connectivity index (χ0n) is 13.7. The lowest BCUT2D eigenvalue weighted by atomic mass is 9.88. The van der Waals surface area contributed by atoms with Crippen LogP contribution in [0.15, 0.2) is 41.3 Å². The van der Waals surface area contributed by atoms with Crippen LogP contribution in [-0.2, 0) is 6.42 Å². The van der Waals surface area contributed by atoms with E-state index in [-0.39, 0.29) is 5.25 Å². The van der Waals surface area contributed by atoms with Gasteiger partial charge in [0.25, 0.3) is 0 Å². The Morgan fingerprint density at radius 2 is 1.65 bits per heavy atom. The van der Waals surface area contributed by atoms with Crippen LogP contribution in [0.3, 0.4) is 0 Å². The van der Waals surface area contributed by atoms with Gasteiger partial charge in [-0.1, -0.05) is 17.7 Å². The van der Waals surface area contributed by atoms with Gasteiger partial charge in [-0.25, -0.2) is 0 Å². The molecule has 3 nitrogen and oxygen atoms in total. The number of rotatable bonds is 4. The number of hydrogen-bond acceptors (Lipinski definition) is 4. The summed E-state index contributed by atoms with van der Waals surface area (Å²) in [6.07, 6.45) is 1.15. The molecule has 0 spiro atoms. The Morgan fingerprint density at radius 3 is 2.30 bits per heavy atom. The third-order valence-electron chi connectivity index (χ3n) is 4.32. The fourth-order valence-electron chi connectivity index (χ4n) is 3.10. The minimum absolute atomic E-state index is 0.0495. The molecule has 2 aromatic rings. The summed E-state index contributed by atoms with van der Waals surface area (Å²) in [5.74, 6) is 1.70. The molecule has 0 amide bonds. The van der Waals surface area contributed by atoms with E-state index >= 15 is 0 Å². The number of methoxy groups -OCH3 is 2. The lowest BCUT2D eigenvalue weighted by Crippen LogP contribution is -2.24. The van der Waals surface area contributed by atoms with Crippen molar-refractivity contribution >= 4 is 11.8 Å². The van der Waals surface area contributed by atoms with Gasteiger partial charge in [-0.3, -0.25) is 0 Å². The Hall–Kier alpha value is -1.65. The predicted octanol–water partition coefficient (Wildman–Crippen LogP) is 4.15. The summed E-state index contributed by atoms with van der Waals surface area (Å²) in [4.78, 5) is 1.15. The maximum Gasteiger partial charge on any atom is 0.123 e. The fourth-order valence-corrected chi connectivity index (χ4v) is 4.35. The van der Waals surface area contributed by atoms with E-state index in [1.165, 1.54) is 5.56 Å². The van der Waals surface area contributed by atoms with Crippen molar-refractivity contribution in [3.8, 4) is 11.5 Å². The number of ether oxygens (including phenoxy) is 2. The van der Waals surface area contributed by atoms with E-state index < -0.39 is 6.10 Å². The molecule has 1 N–H and O–H groups in total. The second-order valence-corrected chi connectivity index (χ2v) is 7.03. The van der Waals surface area contributed by atoms with Crippen molar-refractivity contribution in [3.05, 3.63) is 53.1 Å². The average Bonchev–Trinajstić information content (AvgIpc) is 2.58. The third kappa shape index (κ3) is 3.19. The summed E-state index contributed by atoms with van der Waals surface area (Å²) >= 11 is 1.69. The standard InChI is InChI=1S/C19H22O3S/c1-12-4-6-13(7-5-12)23-19-15(20)9-8-14-16(21-2)10-11-17(22-3)18(14)19/h4-7,10-11,15,19-20H,8-9H2,1-3H3/t15-,19-/m1/s1. The smallest absolute Gasteiger partial charge is 0.123 e. The van der Waals surface area contributed by atoms with Crippen molar-refractivity contribution in [3.63, 3.8) is 0 Å². The molecule has 0 fully saturated rings. The van der Waals surface area contributed by atoms with Crippen molar-refractivity contribution in [2.24, 2.45) is 0 Å². The van der Waals surface area contributed by atoms with Crippen LogP contribution in [0, 0.1) is 6.92 Å². The predicted molar refractivity (Wildman–Crippen MR) is 93.7 cm³/mol. The lowest BCUT2D eigenvalue weighted by Gasteiger charge is -2.32. The summed E-state index contributed by atoms with van der Waals surface area (Å²) in [7, 11) is 3.37. The molecule has 0 radical (unpaired) electrons. The van der Waals surface area contributed by atoms with Crippen LogP contribution in [0.1, 0.15) is 28.4 Å². The summed E-state index contributed by atoms with van der Waals surface area (Å²) in [5.41, 5.74) is 3.45. The first-order valence-corrected chi connectivity index (χ1v) is 8.67. The lowest BCUT2D eigenvalue weighted by molar-refractivity contribution is 0.153. The van der Waals surface area contributed by atoms with E-state index in [2.05, 4.69) is 31.2 Å². The Bertz CT molecular complexity index is 682. The van der Waals surface area contributed by atoms with Gasteiger partial charge in [-0.05, 0) is 44.0 Å². The second kappa shape index (κ2) is 6.85. The molecule has 0 heterocycles. The Labute approximate surface area is 141 Å². The van der Waals surface area contributed by atoms with Gasteiger partial charge in [0, 0.05) is 16.0 Å². The van der Waals surface area contributed by atoms with Gasteiger partial charge in [-0.2, -0.15) is 0 Å². The summed E-state index contributed by atoms with van der Waals surface area (Å²) in [5, 5.41) is 10.5. The van der Waals surface area contributed by atoms with Crippen molar-refractivity contribution in [2.75, 3.05) is 14.2 Å². The van der Waals surface area contributed by atoms with E-state index in [1.54, 1.807) is 26.0 Å². The van der Waals surface area contributed by atoms with Crippen LogP contribution in [0.4, 0.5) is 0 Å². The van der Waals surface area contributed by atoms with Crippen molar-refractivity contribution < 1.29 is 14.6 Å².